The van der Waals surface area contributed by atoms with Gasteiger partial charge in [-0.3, -0.25) is 9.59 Å². The number of carbonyl (C=O) groups is 2. The van der Waals surface area contributed by atoms with Crippen LogP contribution in [0.1, 0.15) is 19.8 Å². The van der Waals surface area contributed by atoms with Crippen molar-refractivity contribution < 1.29 is 19.4 Å². The zero-order valence-electron chi connectivity index (χ0n) is 10.3. The van der Waals surface area contributed by atoms with Crippen molar-refractivity contribution in [2.24, 2.45) is 11.7 Å². The lowest BCUT2D eigenvalue weighted by Gasteiger charge is -2.37. The molecule has 3 atom stereocenters. The maximum absolute atomic E-state index is 11.9. The van der Waals surface area contributed by atoms with Crippen LogP contribution < -0.4 is 5.73 Å². The summed E-state index contributed by atoms with van der Waals surface area (Å²) in [4.78, 5) is 24.5. The minimum atomic E-state index is -0.787. The third-order valence-electron chi connectivity index (χ3n) is 3.17. The van der Waals surface area contributed by atoms with Gasteiger partial charge in [-0.2, -0.15) is 0 Å². The first kappa shape index (κ1) is 13.9. The molecule has 3 N–H and O–H groups in total. The van der Waals surface area contributed by atoms with Crippen molar-refractivity contribution >= 4 is 11.9 Å². The van der Waals surface area contributed by atoms with Gasteiger partial charge in [-0.1, -0.05) is 0 Å². The van der Waals surface area contributed by atoms with Crippen molar-refractivity contribution in [3.05, 3.63) is 0 Å². The summed E-state index contributed by atoms with van der Waals surface area (Å²) >= 11 is 0. The van der Waals surface area contributed by atoms with E-state index < -0.39 is 12.0 Å². The van der Waals surface area contributed by atoms with Gasteiger partial charge in [0.2, 0.25) is 5.91 Å². The molecule has 0 aromatic rings. The molecule has 1 saturated heterocycles. The van der Waals surface area contributed by atoms with Gasteiger partial charge in [0.15, 0.2) is 0 Å². The lowest BCUT2D eigenvalue weighted by molar-refractivity contribution is -0.148. The van der Waals surface area contributed by atoms with Gasteiger partial charge in [-0.05, 0) is 19.8 Å². The van der Waals surface area contributed by atoms with Gasteiger partial charge >= 0.3 is 5.97 Å². The molecule has 98 valence electrons. The molecule has 3 unspecified atom stereocenters. The number of methoxy groups -OCH3 is 1. The Labute approximate surface area is 101 Å². The molecule has 1 amide bonds. The second kappa shape index (κ2) is 5.97. The normalized spacial score (nSPS) is 26.6. The number of aliphatic carboxylic acids is 1. The molecule has 0 aliphatic carbocycles. The smallest absolute Gasteiger partial charge is 0.306 e. The molecule has 1 aliphatic heterocycles. The number of ether oxygens (including phenoxy) is 1. The summed E-state index contributed by atoms with van der Waals surface area (Å²) in [5.74, 6) is -1.30. The van der Waals surface area contributed by atoms with Crippen molar-refractivity contribution in [1.82, 2.24) is 4.90 Å². The molecule has 0 bridgehead atoms. The van der Waals surface area contributed by atoms with Gasteiger partial charge in [-0.25, -0.2) is 0 Å². The number of nitrogens with two attached hydrogens (primary N) is 1. The van der Waals surface area contributed by atoms with E-state index >= 15 is 0 Å². The van der Waals surface area contributed by atoms with Gasteiger partial charge < -0.3 is 20.5 Å². The predicted molar refractivity (Wildman–Crippen MR) is 61.4 cm³/mol. The minimum absolute atomic E-state index is 0.0831. The zero-order valence-corrected chi connectivity index (χ0v) is 10.3. The Morgan fingerprint density at radius 3 is 2.71 bits per heavy atom. The Morgan fingerprint density at radius 2 is 2.24 bits per heavy atom. The van der Waals surface area contributed by atoms with Crippen LogP contribution in [0, 0.1) is 5.92 Å². The van der Waals surface area contributed by atoms with E-state index in [1.807, 2.05) is 6.92 Å². The highest BCUT2D eigenvalue weighted by Gasteiger charge is 2.33. The van der Waals surface area contributed by atoms with Crippen molar-refractivity contribution in [3.63, 3.8) is 0 Å². The highest BCUT2D eigenvalue weighted by molar-refractivity contribution is 5.82. The van der Waals surface area contributed by atoms with Gasteiger partial charge in [0.25, 0.3) is 0 Å². The molecule has 0 radical (unpaired) electrons. The Kier molecular flexibility index (Phi) is 4.89. The van der Waals surface area contributed by atoms with Crippen LogP contribution in [0.3, 0.4) is 0 Å². The number of likely N-dealkylation sites (tertiary alicyclic amines) is 1. The molecule has 6 heteroatoms. The number of hydrogen-bond donors (Lipinski definition) is 2. The molecule has 17 heavy (non-hydrogen) atoms. The van der Waals surface area contributed by atoms with E-state index in [0.717, 1.165) is 0 Å². The topological polar surface area (TPSA) is 92.9 Å². The fourth-order valence-electron chi connectivity index (χ4n) is 2.19. The second-order valence-corrected chi connectivity index (χ2v) is 4.50. The first-order chi connectivity index (χ1) is 7.97. The Morgan fingerprint density at radius 1 is 1.59 bits per heavy atom. The van der Waals surface area contributed by atoms with Gasteiger partial charge in [0.05, 0.1) is 12.5 Å². The van der Waals surface area contributed by atoms with Crippen molar-refractivity contribution in [2.75, 3.05) is 20.3 Å². The number of carbonyl (C=O) groups excluding carboxylic acids is 1. The lowest BCUT2D eigenvalue weighted by Crippen LogP contribution is -2.53. The SMILES string of the molecule is COCC(N)C(=O)N1CCC(C(=O)O)CC1C. The third-order valence-corrected chi connectivity index (χ3v) is 3.17. The number of rotatable bonds is 4. The number of amides is 1. The monoisotopic (exact) mass is 244 g/mol. The van der Waals surface area contributed by atoms with Crippen LogP contribution in [0.25, 0.3) is 0 Å². The van der Waals surface area contributed by atoms with Crippen LogP contribution in [0.4, 0.5) is 0 Å². The van der Waals surface area contributed by atoms with Crippen molar-refractivity contribution in [2.45, 2.75) is 31.8 Å². The van der Waals surface area contributed by atoms with Crippen LogP contribution in [0.5, 0.6) is 0 Å². The zero-order chi connectivity index (χ0) is 13.0. The number of hydrogen-bond acceptors (Lipinski definition) is 4. The van der Waals surface area contributed by atoms with Gasteiger partial charge in [0, 0.05) is 19.7 Å². The summed E-state index contributed by atoms with van der Waals surface area (Å²) in [6.07, 6.45) is 0.978. The van der Waals surface area contributed by atoms with Gasteiger partial charge in [0.1, 0.15) is 6.04 Å². The van der Waals surface area contributed by atoms with Crippen LogP contribution in [-0.2, 0) is 14.3 Å². The lowest BCUT2D eigenvalue weighted by atomic mass is 9.91. The number of carboxylic acid groups (broad SMARTS) is 1. The molecule has 1 rings (SSSR count). The summed E-state index contributed by atoms with van der Waals surface area (Å²) in [6.45, 7) is 2.49. The molecule has 0 saturated carbocycles. The quantitative estimate of drug-likeness (QED) is 0.706. The molecule has 0 aromatic heterocycles. The molecule has 6 nitrogen and oxygen atoms in total. The number of carboxylic acids is 1. The molecular formula is C11H20N2O4. The summed E-state index contributed by atoms with van der Waals surface area (Å²) in [7, 11) is 1.49. The highest BCUT2D eigenvalue weighted by Crippen LogP contribution is 2.23. The van der Waals surface area contributed by atoms with E-state index in [-0.39, 0.29) is 24.5 Å². The maximum Gasteiger partial charge on any atom is 0.306 e. The summed E-state index contributed by atoms with van der Waals surface area (Å²) in [5.41, 5.74) is 5.68. The number of piperidine rings is 1. The highest BCUT2D eigenvalue weighted by atomic mass is 16.5. The first-order valence-corrected chi connectivity index (χ1v) is 5.75. The van der Waals surface area contributed by atoms with Crippen molar-refractivity contribution in [1.29, 1.82) is 0 Å². The standard InChI is InChI=1S/C11H20N2O4/c1-7-5-8(11(15)16)3-4-13(7)10(14)9(12)6-17-2/h7-9H,3-6,12H2,1-2H3,(H,15,16). The van der Waals surface area contributed by atoms with E-state index in [9.17, 15) is 9.59 Å². The van der Waals surface area contributed by atoms with Crippen LogP contribution in [0.15, 0.2) is 0 Å². The average Bonchev–Trinajstić information content (AvgIpc) is 2.28. The van der Waals surface area contributed by atoms with Crippen LogP contribution in [0.2, 0.25) is 0 Å². The number of nitrogens with zero attached hydrogens (tertiary/aromatic N) is 1. The molecular weight excluding hydrogens is 224 g/mol. The average molecular weight is 244 g/mol. The van der Waals surface area contributed by atoms with E-state index in [1.165, 1.54) is 7.11 Å². The largest absolute Gasteiger partial charge is 0.481 e. The van der Waals surface area contributed by atoms with E-state index in [4.69, 9.17) is 15.6 Å². The van der Waals surface area contributed by atoms with E-state index in [2.05, 4.69) is 0 Å². The maximum atomic E-state index is 11.9. The first-order valence-electron chi connectivity index (χ1n) is 5.75. The van der Waals surface area contributed by atoms with Crippen molar-refractivity contribution in [3.8, 4) is 0 Å². The Bertz CT molecular complexity index is 295. The predicted octanol–water partition coefficient (Wildman–Crippen LogP) is -0.328. The molecule has 1 aliphatic rings. The Balaban J connectivity index is 2.57. The molecule has 0 aromatic carbocycles. The van der Waals surface area contributed by atoms with Crippen LogP contribution in [-0.4, -0.2) is 54.2 Å². The molecule has 1 heterocycles. The fraction of sp³-hybridized carbons (Fsp3) is 0.818. The molecule has 0 spiro atoms. The Hall–Kier alpha value is -1.14. The molecule has 1 fully saturated rings. The minimum Gasteiger partial charge on any atom is -0.481 e. The summed E-state index contributed by atoms with van der Waals surface area (Å²) in [5, 5.41) is 8.93. The van der Waals surface area contributed by atoms with Gasteiger partial charge in [-0.15, -0.1) is 0 Å². The van der Waals surface area contributed by atoms with Crippen LogP contribution >= 0.6 is 0 Å². The summed E-state index contributed by atoms with van der Waals surface area (Å²) < 4.78 is 4.84. The van der Waals surface area contributed by atoms with E-state index in [0.29, 0.717) is 19.4 Å². The second-order valence-electron chi connectivity index (χ2n) is 4.50. The third kappa shape index (κ3) is 3.41. The summed E-state index contributed by atoms with van der Waals surface area (Å²) in [6, 6.07) is -0.746. The fourth-order valence-corrected chi connectivity index (χ4v) is 2.19. The van der Waals surface area contributed by atoms with E-state index in [1.54, 1.807) is 4.90 Å².